The van der Waals surface area contributed by atoms with Gasteiger partial charge in [0.2, 0.25) is 0 Å². The highest BCUT2D eigenvalue weighted by Crippen LogP contribution is 2.25. The number of hydrogen-bond acceptors (Lipinski definition) is 3. The van der Waals surface area contributed by atoms with Crippen LogP contribution in [0.4, 0.5) is 0 Å². The molecule has 1 atom stereocenters. The second kappa shape index (κ2) is 1.65. The van der Waals surface area contributed by atoms with Crippen molar-refractivity contribution in [2.24, 2.45) is 0 Å². The number of carbonyl (C=O) groups excluding carboxylic acids is 1. The highest BCUT2D eigenvalue weighted by molar-refractivity contribution is 7.82. The van der Waals surface area contributed by atoms with E-state index in [4.69, 9.17) is 0 Å². The molecule has 0 aromatic carbocycles. The van der Waals surface area contributed by atoms with Gasteiger partial charge in [-0.1, -0.05) is 0 Å². The molecule has 0 spiro atoms. The average Bonchev–Trinajstić information content (AvgIpc) is 1.86. The first kappa shape index (κ1) is 5.95. The van der Waals surface area contributed by atoms with E-state index in [0.717, 1.165) is 6.42 Å². The average molecular weight is 132 g/mol. The predicted octanol–water partition coefficient (Wildman–Crippen LogP) is 0.622. The van der Waals surface area contributed by atoms with Crippen molar-refractivity contribution in [3.05, 3.63) is 0 Å². The number of esters is 1. The molecule has 46 valence electrons. The lowest BCUT2D eigenvalue weighted by Gasteiger charge is -2.07. The Balaban J connectivity index is 2.68. The van der Waals surface area contributed by atoms with Gasteiger partial charge < -0.3 is 4.74 Å². The van der Waals surface area contributed by atoms with Crippen LogP contribution in [0, 0.1) is 0 Å². The number of rotatable bonds is 0. The zero-order chi connectivity index (χ0) is 6.20. The number of carbonyl (C=O) groups is 1. The Bertz CT molecular complexity index is 120. The summed E-state index contributed by atoms with van der Waals surface area (Å²) in [6.45, 7) is 2.30. The largest absolute Gasteiger partial charge is 0.465 e. The maximum Gasteiger partial charge on any atom is 0.321 e. The number of ether oxygens (including phenoxy) is 1. The third-order valence-corrected chi connectivity index (χ3v) is 1.67. The van der Waals surface area contributed by atoms with Crippen molar-refractivity contribution in [2.45, 2.75) is 18.1 Å². The van der Waals surface area contributed by atoms with Crippen LogP contribution >= 0.6 is 12.6 Å². The van der Waals surface area contributed by atoms with Crippen LogP contribution in [-0.4, -0.2) is 17.3 Å². The molecule has 1 saturated heterocycles. The molecule has 3 heteroatoms. The summed E-state index contributed by atoms with van der Waals surface area (Å²) in [5.74, 6) is -0.194. The first-order valence-electron chi connectivity index (χ1n) is 2.52. The van der Waals surface area contributed by atoms with E-state index in [9.17, 15) is 4.79 Å². The highest BCUT2D eigenvalue weighted by Gasteiger charge is 2.35. The minimum atomic E-state index is -0.514. The second-order valence-electron chi connectivity index (χ2n) is 2.16. The molecule has 1 fully saturated rings. The third kappa shape index (κ3) is 0.823. The molecular formula is C5H8O2S. The summed E-state index contributed by atoms with van der Waals surface area (Å²) in [6, 6.07) is 0. The lowest BCUT2D eigenvalue weighted by molar-refractivity contribution is -0.139. The topological polar surface area (TPSA) is 26.3 Å². The van der Waals surface area contributed by atoms with Gasteiger partial charge in [0.15, 0.2) is 0 Å². The van der Waals surface area contributed by atoms with E-state index >= 15 is 0 Å². The lowest BCUT2D eigenvalue weighted by atomic mass is 10.1. The van der Waals surface area contributed by atoms with Crippen LogP contribution in [0.5, 0.6) is 0 Å². The van der Waals surface area contributed by atoms with Gasteiger partial charge in [-0.15, -0.1) is 0 Å². The SMILES string of the molecule is CC1(S)CCOC1=O. The molecule has 0 aromatic rings. The summed E-state index contributed by atoms with van der Waals surface area (Å²) in [5, 5.41) is 0. The van der Waals surface area contributed by atoms with Crippen LogP contribution in [0.1, 0.15) is 13.3 Å². The van der Waals surface area contributed by atoms with Crippen LogP contribution in [0.3, 0.4) is 0 Å². The molecule has 1 rings (SSSR count). The fourth-order valence-corrected chi connectivity index (χ4v) is 0.756. The molecule has 8 heavy (non-hydrogen) atoms. The zero-order valence-electron chi connectivity index (χ0n) is 4.68. The van der Waals surface area contributed by atoms with E-state index in [2.05, 4.69) is 17.4 Å². The number of cyclic esters (lactones) is 1. The molecule has 0 amide bonds. The first-order valence-corrected chi connectivity index (χ1v) is 2.97. The molecule has 2 nitrogen and oxygen atoms in total. The molecule has 0 bridgehead atoms. The van der Waals surface area contributed by atoms with Gasteiger partial charge in [-0.05, 0) is 6.92 Å². The molecule has 0 aromatic heterocycles. The van der Waals surface area contributed by atoms with E-state index in [0.29, 0.717) is 6.61 Å². The monoisotopic (exact) mass is 132 g/mol. The number of thiol groups is 1. The zero-order valence-corrected chi connectivity index (χ0v) is 5.57. The van der Waals surface area contributed by atoms with Crippen LogP contribution in [-0.2, 0) is 9.53 Å². The summed E-state index contributed by atoms with van der Waals surface area (Å²) >= 11 is 4.07. The van der Waals surface area contributed by atoms with Crippen molar-refractivity contribution in [1.29, 1.82) is 0 Å². The minimum absolute atomic E-state index is 0.194. The molecule has 1 aliphatic rings. The summed E-state index contributed by atoms with van der Waals surface area (Å²) < 4.78 is 4.14. The van der Waals surface area contributed by atoms with Gasteiger partial charge in [-0.2, -0.15) is 12.6 Å². The Morgan fingerprint density at radius 2 is 2.50 bits per heavy atom. The maximum atomic E-state index is 10.6. The molecule has 1 aliphatic heterocycles. The van der Waals surface area contributed by atoms with Gasteiger partial charge in [0.1, 0.15) is 4.75 Å². The summed E-state index contributed by atoms with van der Waals surface area (Å²) in [5.41, 5.74) is 0. The smallest absolute Gasteiger partial charge is 0.321 e. The van der Waals surface area contributed by atoms with Gasteiger partial charge >= 0.3 is 5.97 Å². The van der Waals surface area contributed by atoms with Gasteiger partial charge in [0.25, 0.3) is 0 Å². The van der Waals surface area contributed by atoms with E-state index in [1.54, 1.807) is 6.92 Å². The third-order valence-electron chi connectivity index (χ3n) is 1.26. The number of hydrogen-bond donors (Lipinski definition) is 1. The fraction of sp³-hybridized carbons (Fsp3) is 0.800. The van der Waals surface area contributed by atoms with E-state index in [1.165, 1.54) is 0 Å². The summed E-state index contributed by atoms with van der Waals surface area (Å²) in [6.07, 6.45) is 0.731. The van der Waals surface area contributed by atoms with Crippen LogP contribution in [0.15, 0.2) is 0 Å². The van der Waals surface area contributed by atoms with E-state index in [-0.39, 0.29) is 5.97 Å². The normalized spacial score (nSPS) is 37.5. The van der Waals surface area contributed by atoms with Gasteiger partial charge in [-0.3, -0.25) is 4.79 Å². The van der Waals surface area contributed by atoms with Crippen molar-refractivity contribution in [3.63, 3.8) is 0 Å². The molecular weight excluding hydrogens is 124 g/mol. The molecule has 0 saturated carbocycles. The van der Waals surface area contributed by atoms with Crippen LogP contribution < -0.4 is 0 Å². The fourth-order valence-electron chi connectivity index (χ4n) is 0.600. The Kier molecular flexibility index (Phi) is 1.23. The standard InChI is InChI=1S/C5H8O2S/c1-5(8)2-3-7-4(5)6/h8H,2-3H2,1H3. The van der Waals surface area contributed by atoms with E-state index < -0.39 is 4.75 Å². The quantitative estimate of drug-likeness (QED) is 0.386. The van der Waals surface area contributed by atoms with Crippen molar-refractivity contribution in [2.75, 3.05) is 6.61 Å². The Morgan fingerprint density at radius 3 is 2.62 bits per heavy atom. The second-order valence-corrected chi connectivity index (χ2v) is 3.15. The van der Waals surface area contributed by atoms with Crippen molar-refractivity contribution >= 4 is 18.6 Å². The van der Waals surface area contributed by atoms with Crippen LogP contribution in [0.25, 0.3) is 0 Å². The molecule has 0 radical (unpaired) electrons. The first-order chi connectivity index (χ1) is 3.63. The molecule has 1 heterocycles. The molecule has 1 unspecified atom stereocenters. The Hall–Kier alpha value is -0.180. The van der Waals surface area contributed by atoms with Gasteiger partial charge in [0.05, 0.1) is 6.61 Å². The van der Waals surface area contributed by atoms with Crippen molar-refractivity contribution in [1.82, 2.24) is 0 Å². The minimum Gasteiger partial charge on any atom is -0.465 e. The van der Waals surface area contributed by atoms with Crippen molar-refractivity contribution < 1.29 is 9.53 Å². The molecule has 0 N–H and O–H groups in total. The Labute approximate surface area is 53.6 Å². The maximum absolute atomic E-state index is 10.6. The van der Waals surface area contributed by atoms with Gasteiger partial charge in [0, 0.05) is 6.42 Å². The lowest BCUT2D eigenvalue weighted by Crippen LogP contribution is -2.22. The predicted molar refractivity (Wildman–Crippen MR) is 33.0 cm³/mol. The van der Waals surface area contributed by atoms with Crippen LogP contribution in [0.2, 0.25) is 0 Å². The molecule has 0 aliphatic carbocycles. The van der Waals surface area contributed by atoms with Crippen molar-refractivity contribution in [3.8, 4) is 0 Å². The highest BCUT2D eigenvalue weighted by atomic mass is 32.1. The van der Waals surface area contributed by atoms with E-state index in [1.807, 2.05) is 0 Å². The Morgan fingerprint density at radius 1 is 1.88 bits per heavy atom. The summed E-state index contributed by atoms with van der Waals surface area (Å²) in [4.78, 5) is 10.6. The van der Waals surface area contributed by atoms with Gasteiger partial charge in [-0.25, -0.2) is 0 Å². The summed E-state index contributed by atoms with van der Waals surface area (Å²) in [7, 11) is 0.